The number of carbonyl (C=O) groups is 1. The lowest BCUT2D eigenvalue weighted by molar-refractivity contribution is -0.110. The van der Waals surface area contributed by atoms with E-state index in [9.17, 15) is 4.79 Å². The Morgan fingerprint density at radius 3 is 2.75 bits per heavy atom. The number of methoxy groups -OCH3 is 1. The second kappa shape index (κ2) is 6.02. The molecule has 2 aliphatic heterocycles. The highest BCUT2D eigenvalue weighted by molar-refractivity contribution is 6.35. The zero-order valence-corrected chi connectivity index (χ0v) is 13.2. The van der Waals surface area contributed by atoms with Crippen molar-refractivity contribution in [3.8, 4) is 11.5 Å². The van der Waals surface area contributed by atoms with Crippen LogP contribution in [0.15, 0.2) is 42.5 Å². The molecule has 0 saturated carbocycles. The van der Waals surface area contributed by atoms with Crippen LogP contribution in [-0.4, -0.2) is 32.3 Å². The zero-order chi connectivity index (χ0) is 16.5. The van der Waals surface area contributed by atoms with E-state index in [1.54, 1.807) is 7.11 Å². The van der Waals surface area contributed by atoms with Crippen molar-refractivity contribution in [3.63, 3.8) is 0 Å². The first kappa shape index (κ1) is 14.8. The van der Waals surface area contributed by atoms with Crippen molar-refractivity contribution < 1.29 is 19.0 Å². The monoisotopic (exact) mass is 323 g/mol. The smallest absolute Gasteiger partial charge is 0.256 e. The fraction of sp³-hybridized carbons (Fsp3) is 0.211. The second-order valence-electron chi connectivity index (χ2n) is 5.73. The van der Waals surface area contributed by atoms with Gasteiger partial charge in [-0.2, -0.15) is 0 Å². The molecular weight excluding hydrogens is 306 g/mol. The molecule has 1 saturated heterocycles. The Hall–Kier alpha value is -2.79. The van der Waals surface area contributed by atoms with E-state index in [-0.39, 0.29) is 12.0 Å². The van der Waals surface area contributed by atoms with Gasteiger partial charge in [0.1, 0.15) is 24.2 Å². The molecule has 0 spiro atoms. The summed E-state index contributed by atoms with van der Waals surface area (Å²) in [4.78, 5) is 12.4. The van der Waals surface area contributed by atoms with Crippen LogP contribution in [0.1, 0.15) is 11.1 Å². The maximum atomic E-state index is 12.4. The quantitative estimate of drug-likeness (QED) is 0.679. The Morgan fingerprint density at radius 2 is 2.04 bits per heavy atom. The number of fused-ring (bicyclic) bond motifs is 1. The molecule has 1 fully saturated rings. The standard InChI is InChI=1S/C19H17NO4/c1-22-13-7-5-12(6-8-13)9-15-18-16(20-19(15)21)3-2-4-17(18)24-11-14-10-23-14/h2-9,14H,10-11H2,1H3,(H,20,21). The van der Waals surface area contributed by atoms with Crippen molar-refractivity contribution in [2.24, 2.45) is 0 Å². The summed E-state index contributed by atoms with van der Waals surface area (Å²) in [5.41, 5.74) is 3.10. The fourth-order valence-corrected chi connectivity index (χ4v) is 2.69. The fourth-order valence-electron chi connectivity index (χ4n) is 2.69. The molecule has 2 heterocycles. The van der Waals surface area contributed by atoms with Crippen molar-refractivity contribution >= 4 is 23.2 Å². The number of nitrogens with one attached hydrogen (secondary N) is 1. The minimum atomic E-state index is -0.125. The Morgan fingerprint density at radius 1 is 1.25 bits per heavy atom. The lowest BCUT2D eigenvalue weighted by atomic mass is 10.0. The van der Waals surface area contributed by atoms with Crippen molar-refractivity contribution in [1.29, 1.82) is 0 Å². The van der Waals surface area contributed by atoms with E-state index in [2.05, 4.69) is 5.32 Å². The number of amides is 1. The van der Waals surface area contributed by atoms with E-state index in [1.165, 1.54) is 0 Å². The molecule has 4 rings (SSSR count). The maximum absolute atomic E-state index is 12.4. The summed E-state index contributed by atoms with van der Waals surface area (Å²) in [6.45, 7) is 1.24. The highest BCUT2D eigenvalue weighted by Crippen LogP contribution is 2.40. The molecule has 24 heavy (non-hydrogen) atoms. The Bertz CT molecular complexity index is 807. The first-order valence-corrected chi connectivity index (χ1v) is 7.79. The molecule has 0 bridgehead atoms. The van der Waals surface area contributed by atoms with Crippen LogP contribution in [0, 0.1) is 0 Å². The second-order valence-corrected chi connectivity index (χ2v) is 5.73. The highest BCUT2D eigenvalue weighted by atomic mass is 16.6. The predicted molar refractivity (Wildman–Crippen MR) is 91.2 cm³/mol. The summed E-state index contributed by atoms with van der Waals surface area (Å²) in [5.74, 6) is 1.35. The average Bonchev–Trinajstić information content (AvgIpc) is 3.38. The van der Waals surface area contributed by atoms with Gasteiger partial charge in [-0.3, -0.25) is 4.79 Å². The van der Waals surface area contributed by atoms with E-state index in [0.29, 0.717) is 17.9 Å². The third-order valence-electron chi connectivity index (χ3n) is 4.04. The van der Waals surface area contributed by atoms with Crippen LogP contribution < -0.4 is 14.8 Å². The molecule has 1 unspecified atom stereocenters. The third kappa shape index (κ3) is 2.86. The summed E-state index contributed by atoms with van der Waals surface area (Å²) in [7, 11) is 1.63. The zero-order valence-electron chi connectivity index (χ0n) is 13.2. The van der Waals surface area contributed by atoms with E-state index in [4.69, 9.17) is 14.2 Å². The third-order valence-corrected chi connectivity index (χ3v) is 4.04. The molecule has 5 heteroatoms. The number of anilines is 1. The molecule has 1 N–H and O–H groups in total. The minimum absolute atomic E-state index is 0.125. The van der Waals surface area contributed by atoms with Gasteiger partial charge in [0.05, 0.1) is 30.5 Å². The van der Waals surface area contributed by atoms with Crippen molar-refractivity contribution in [2.45, 2.75) is 6.10 Å². The summed E-state index contributed by atoms with van der Waals surface area (Å²) in [5, 5.41) is 2.89. The largest absolute Gasteiger partial charge is 0.497 e. The van der Waals surface area contributed by atoms with Gasteiger partial charge in [0.2, 0.25) is 0 Å². The molecular formula is C19H17NO4. The topological polar surface area (TPSA) is 60.1 Å². The summed E-state index contributed by atoms with van der Waals surface area (Å²) < 4.78 is 16.2. The van der Waals surface area contributed by atoms with Gasteiger partial charge in [0, 0.05) is 0 Å². The van der Waals surface area contributed by atoms with Gasteiger partial charge < -0.3 is 19.5 Å². The lowest BCUT2D eigenvalue weighted by Gasteiger charge is -2.09. The molecule has 122 valence electrons. The number of benzene rings is 2. The van der Waals surface area contributed by atoms with Crippen LogP contribution in [0.25, 0.3) is 11.6 Å². The normalized spacial score (nSPS) is 19.8. The van der Waals surface area contributed by atoms with Crippen molar-refractivity contribution in [3.05, 3.63) is 53.6 Å². The van der Waals surface area contributed by atoms with Crippen LogP contribution in [0.3, 0.4) is 0 Å². The molecule has 1 atom stereocenters. The minimum Gasteiger partial charge on any atom is -0.497 e. The van der Waals surface area contributed by atoms with Crippen molar-refractivity contribution in [2.75, 3.05) is 25.6 Å². The van der Waals surface area contributed by atoms with Gasteiger partial charge in [-0.15, -0.1) is 0 Å². The molecule has 5 nitrogen and oxygen atoms in total. The molecule has 0 aliphatic carbocycles. The molecule has 1 amide bonds. The SMILES string of the molecule is COc1ccc(C=C2C(=O)Nc3cccc(OCC4CO4)c32)cc1. The maximum Gasteiger partial charge on any atom is 0.256 e. The molecule has 2 aliphatic rings. The number of hydrogen-bond acceptors (Lipinski definition) is 4. The van der Waals surface area contributed by atoms with Gasteiger partial charge in [-0.05, 0) is 35.9 Å². The first-order valence-electron chi connectivity index (χ1n) is 7.79. The molecule has 2 aromatic carbocycles. The number of ether oxygens (including phenoxy) is 3. The number of carbonyl (C=O) groups excluding carboxylic acids is 1. The number of hydrogen-bond donors (Lipinski definition) is 1. The highest BCUT2D eigenvalue weighted by Gasteiger charge is 2.29. The molecule has 0 aromatic heterocycles. The van der Waals surface area contributed by atoms with Crippen LogP contribution in [-0.2, 0) is 9.53 Å². The number of epoxide rings is 1. The van der Waals surface area contributed by atoms with Gasteiger partial charge in [0.25, 0.3) is 5.91 Å². The van der Waals surface area contributed by atoms with Gasteiger partial charge in [-0.25, -0.2) is 0 Å². The van der Waals surface area contributed by atoms with E-state index in [0.717, 1.165) is 29.2 Å². The Labute approximate surface area is 139 Å². The van der Waals surface area contributed by atoms with E-state index < -0.39 is 0 Å². The lowest BCUT2D eigenvalue weighted by Crippen LogP contribution is -2.05. The molecule has 2 aromatic rings. The first-order chi connectivity index (χ1) is 11.7. The summed E-state index contributed by atoms with van der Waals surface area (Å²) in [6, 6.07) is 13.2. The van der Waals surface area contributed by atoms with Crippen molar-refractivity contribution in [1.82, 2.24) is 0 Å². The van der Waals surface area contributed by atoms with Gasteiger partial charge in [0.15, 0.2) is 0 Å². The van der Waals surface area contributed by atoms with E-state index >= 15 is 0 Å². The van der Waals surface area contributed by atoms with E-state index in [1.807, 2.05) is 48.5 Å². The average molecular weight is 323 g/mol. The van der Waals surface area contributed by atoms with Crippen LogP contribution in [0.5, 0.6) is 11.5 Å². The Kier molecular flexibility index (Phi) is 3.70. The van der Waals surface area contributed by atoms with Gasteiger partial charge in [-0.1, -0.05) is 18.2 Å². The summed E-state index contributed by atoms with van der Waals surface area (Å²) >= 11 is 0. The van der Waals surface area contributed by atoms with Crippen LogP contribution in [0.4, 0.5) is 5.69 Å². The summed E-state index contributed by atoms with van der Waals surface area (Å²) in [6.07, 6.45) is 2.03. The van der Waals surface area contributed by atoms with Gasteiger partial charge >= 0.3 is 0 Å². The predicted octanol–water partition coefficient (Wildman–Crippen LogP) is 2.97. The Balaban J connectivity index is 1.69. The van der Waals surface area contributed by atoms with Crippen LogP contribution in [0.2, 0.25) is 0 Å². The number of rotatable bonds is 5. The van der Waals surface area contributed by atoms with Crippen LogP contribution >= 0.6 is 0 Å². The molecule has 0 radical (unpaired) electrons.